The summed E-state index contributed by atoms with van der Waals surface area (Å²) < 4.78 is 10.8. The van der Waals surface area contributed by atoms with Crippen molar-refractivity contribution in [1.82, 2.24) is 4.98 Å². The minimum absolute atomic E-state index is 0.300. The lowest BCUT2D eigenvalue weighted by Gasteiger charge is -2.14. The van der Waals surface area contributed by atoms with Gasteiger partial charge in [-0.2, -0.15) is 0 Å². The van der Waals surface area contributed by atoms with E-state index in [1.54, 1.807) is 0 Å². The van der Waals surface area contributed by atoms with Crippen LogP contribution < -0.4 is 14.8 Å². The summed E-state index contributed by atoms with van der Waals surface area (Å²) in [5, 5.41) is 5.71. The summed E-state index contributed by atoms with van der Waals surface area (Å²) in [6.07, 6.45) is 8.36. The number of anilines is 1. The Morgan fingerprint density at radius 1 is 1.11 bits per heavy atom. The predicted octanol–water partition coefficient (Wildman–Crippen LogP) is 3.09. The van der Waals surface area contributed by atoms with Crippen LogP contribution >= 0.6 is 0 Å². The lowest BCUT2D eigenvalue weighted by molar-refractivity contribution is 0.174. The number of rotatable bonds is 2. The molecule has 2 aliphatic rings. The van der Waals surface area contributed by atoms with E-state index in [0.29, 0.717) is 12.8 Å². The van der Waals surface area contributed by atoms with E-state index in [-0.39, 0.29) is 0 Å². The third-order valence-electron chi connectivity index (χ3n) is 3.61. The van der Waals surface area contributed by atoms with Crippen LogP contribution in [0.25, 0.3) is 10.8 Å². The van der Waals surface area contributed by atoms with E-state index in [2.05, 4.69) is 22.5 Å². The van der Waals surface area contributed by atoms with Gasteiger partial charge in [-0.3, -0.25) is 0 Å². The fourth-order valence-corrected chi connectivity index (χ4v) is 2.61. The Morgan fingerprint density at radius 3 is 2.74 bits per heavy atom. The molecular weight excluding hydrogens is 240 g/mol. The van der Waals surface area contributed by atoms with Crippen molar-refractivity contribution < 1.29 is 9.47 Å². The Balaban J connectivity index is 1.77. The van der Waals surface area contributed by atoms with Crippen molar-refractivity contribution in [1.29, 1.82) is 0 Å². The highest BCUT2D eigenvalue weighted by Gasteiger charge is 2.17. The molecule has 4 nitrogen and oxygen atoms in total. The summed E-state index contributed by atoms with van der Waals surface area (Å²) in [5.74, 6) is 2.53. The van der Waals surface area contributed by atoms with Gasteiger partial charge in [0, 0.05) is 17.6 Å². The molecule has 1 aromatic carbocycles. The maximum atomic E-state index is 5.44. The molecule has 1 aromatic heterocycles. The summed E-state index contributed by atoms with van der Waals surface area (Å²) in [6, 6.07) is 6.46. The molecule has 1 aliphatic carbocycles. The van der Waals surface area contributed by atoms with E-state index in [4.69, 9.17) is 9.47 Å². The minimum Gasteiger partial charge on any atom is -0.454 e. The van der Waals surface area contributed by atoms with Crippen molar-refractivity contribution in [3.05, 3.63) is 36.5 Å². The van der Waals surface area contributed by atoms with Crippen LogP contribution in [0.15, 0.2) is 36.5 Å². The van der Waals surface area contributed by atoms with E-state index >= 15 is 0 Å². The molecule has 0 saturated carbocycles. The third kappa shape index (κ3) is 1.80. The third-order valence-corrected chi connectivity index (χ3v) is 3.61. The lowest BCUT2D eigenvalue weighted by Crippen LogP contribution is -2.16. The normalized spacial score (nSPS) is 17.3. The first-order valence-electron chi connectivity index (χ1n) is 6.50. The van der Waals surface area contributed by atoms with Crippen molar-refractivity contribution in [3.8, 4) is 11.5 Å². The topological polar surface area (TPSA) is 43.4 Å². The van der Waals surface area contributed by atoms with Crippen LogP contribution in [0.4, 0.5) is 5.82 Å². The van der Waals surface area contributed by atoms with Gasteiger partial charge in [0.2, 0.25) is 6.79 Å². The van der Waals surface area contributed by atoms with E-state index in [1.807, 2.05) is 24.4 Å². The molecule has 1 N–H and O–H groups in total. The SMILES string of the molecule is C1=CCC(Nc2nccc3cc4c(cc23)OCO4)C1. The molecule has 0 bridgehead atoms. The number of nitrogens with one attached hydrogen (secondary N) is 1. The number of benzene rings is 1. The Hall–Kier alpha value is -2.23. The molecule has 0 unspecified atom stereocenters. The van der Waals surface area contributed by atoms with E-state index in [1.165, 1.54) is 0 Å². The molecular formula is C15H14N2O2. The zero-order valence-corrected chi connectivity index (χ0v) is 10.4. The average molecular weight is 254 g/mol. The minimum atomic E-state index is 0.300. The Morgan fingerprint density at radius 2 is 1.89 bits per heavy atom. The molecule has 19 heavy (non-hydrogen) atoms. The predicted molar refractivity (Wildman–Crippen MR) is 73.7 cm³/mol. The number of ether oxygens (including phenoxy) is 2. The van der Waals surface area contributed by atoms with Gasteiger partial charge in [-0.05, 0) is 36.4 Å². The van der Waals surface area contributed by atoms with Crippen molar-refractivity contribution >= 4 is 16.6 Å². The van der Waals surface area contributed by atoms with Crippen LogP contribution in [-0.4, -0.2) is 17.8 Å². The summed E-state index contributed by atoms with van der Waals surface area (Å²) in [4.78, 5) is 4.46. The molecule has 0 atom stereocenters. The van der Waals surface area contributed by atoms with Gasteiger partial charge in [0.15, 0.2) is 11.5 Å². The van der Waals surface area contributed by atoms with E-state index in [9.17, 15) is 0 Å². The monoisotopic (exact) mass is 254 g/mol. The maximum absolute atomic E-state index is 5.44. The molecule has 1 aliphatic heterocycles. The molecule has 0 fully saturated rings. The molecule has 0 spiro atoms. The second-order valence-corrected chi connectivity index (χ2v) is 4.87. The number of aromatic nitrogens is 1. The first kappa shape index (κ1) is 10.7. The van der Waals surface area contributed by atoms with Gasteiger partial charge in [-0.1, -0.05) is 12.2 Å². The molecule has 0 saturated heterocycles. The summed E-state index contributed by atoms with van der Waals surface area (Å²) in [6.45, 7) is 0.300. The van der Waals surface area contributed by atoms with Gasteiger partial charge in [-0.15, -0.1) is 0 Å². The van der Waals surface area contributed by atoms with Crippen LogP contribution in [0.1, 0.15) is 12.8 Å². The van der Waals surface area contributed by atoms with Gasteiger partial charge in [0.1, 0.15) is 5.82 Å². The number of pyridine rings is 1. The van der Waals surface area contributed by atoms with Crippen LogP contribution in [-0.2, 0) is 0 Å². The first-order valence-corrected chi connectivity index (χ1v) is 6.50. The zero-order chi connectivity index (χ0) is 12.7. The lowest BCUT2D eigenvalue weighted by atomic mass is 10.1. The summed E-state index contributed by atoms with van der Waals surface area (Å²) >= 11 is 0. The highest BCUT2D eigenvalue weighted by atomic mass is 16.7. The quantitative estimate of drug-likeness (QED) is 0.836. The fourth-order valence-electron chi connectivity index (χ4n) is 2.61. The van der Waals surface area contributed by atoms with Gasteiger partial charge in [0.05, 0.1) is 0 Å². The van der Waals surface area contributed by atoms with Crippen molar-refractivity contribution in [3.63, 3.8) is 0 Å². The second kappa shape index (κ2) is 4.16. The van der Waals surface area contributed by atoms with Crippen molar-refractivity contribution in [2.24, 2.45) is 0 Å². The van der Waals surface area contributed by atoms with Gasteiger partial charge < -0.3 is 14.8 Å². The van der Waals surface area contributed by atoms with Crippen molar-refractivity contribution in [2.75, 3.05) is 12.1 Å². The average Bonchev–Trinajstić information content (AvgIpc) is 3.07. The molecule has 2 heterocycles. The van der Waals surface area contributed by atoms with Crippen molar-refractivity contribution in [2.45, 2.75) is 18.9 Å². The highest BCUT2D eigenvalue weighted by Crippen LogP contribution is 2.38. The zero-order valence-electron chi connectivity index (χ0n) is 10.4. The highest BCUT2D eigenvalue weighted by molar-refractivity contribution is 5.94. The Labute approximate surface area is 111 Å². The molecule has 4 heteroatoms. The molecule has 0 amide bonds. The number of nitrogens with zero attached hydrogens (tertiary/aromatic N) is 1. The number of hydrogen-bond donors (Lipinski definition) is 1. The van der Waals surface area contributed by atoms with E-state index < -0.39 is 0 Å². The molecule has 2 aromatic rings. The number of fused-ring (bicyclic) bond motifs is 2. The fraction of sp³-hybridized carbons (Fsp3) is 0.267. The van der Waals surface area contributed by atoms with Gasteiger partial charge >= 0.3 is 0 Å². The van der Waals surface area contributed by atoms with Crippen LogP contribution in [0.2, 0.25) is 0 Å². The molecule has 0 radical (unpaired) electrons. The van der Waals surface area contributed by atoms with E-state index in [0.717, 1.165) is 40.9 Å². The van der Waals surface area contributed by atoms with Crippen LogP contribution in [0.5, 0.6) is 11.5 Å². The largest absolute Gasteiger partial charge is 0.454 e. The maximum Gasteiger partial charge on any atom is 0.231 e. The standard InChI is InChI=1S/C15H14N2O2/c1-2-4-11(3-1)17-15-12-8-14-13(18-9-19-14)7-10(12)5-6-16-15/h1-2,5-8,11H,3-4,9H2,(H,16,17). The Bertz CT molecular complexity index is 658. The summed E-state index contributed by atoms with van der Waals surface area (Å²) in [7, 11) is 0. The molecule has 4 rings (SSSR count). The Kier molecular flexibility index (Phi) is 2.33. The molecule has 96 valence electrons. The summed E-state index contributed by atoms with van der Waals surface area (Å²) in [5.41, 5.74) is 0. The van der Waals surface area contributed by atoms with Crippen LogP contribution in [0.3, 0.4) is 0 Å². The van der Waals surface area contributed by atoms with Crippen LogP contribution in [0, 0.1) is 0 Å². The second-order valence-electron chi connectivity index (χ2n) is 4.87. The number of hydrogen-bond acceptors (Lipinski definition) is 4. The van der Waals surface area contributed by atoms with Gasteiger partial charge in [-0.25, -0.2) is 4.98 Å². The van der Waals surface area contributed by atoms with Gasteiger partial charge in [0.25, 0.3) is 0 Å². The smallest absolute Gasteiger partial charge is 0.231 e. The first-order chi connectivity index (χ1) is 9.40.